The first kappa shape index (κ1) is 7.94. The third-order valence-corrected chi connectivity index (χ3v) is 2.00. The highest BCUT2D eigenvalue weighted by molar-refractivity contribution is 4.96. The van der Waals surface area contributed by atoms with Crippen LogP contribution in [0.3, 0.4) is 0 Å². The third kappa shape index (κ3) is 0.932. The van der Waals surface area contributed by atoms with E-state index in [1.54, 1.807) is 14.2 Å². The van der Waals surface area contributed by atoms with Crippen LogP contribution in [0.4, 0.5) is 0 Å². The van der Waals surface area contributed by atoms with E-state index in [-0.39, 0.29) is 12.6 Å². The average molecular weight is 147 g/mol. The Morgan fingerprint density at radius 3 is 2.30 bits per heavy atom. The van der Waals surface area contributed by atoms with Crippen molar-refractivity contribution in [2.24, 2.45) is 0 Å². The molecule has 0 spiro atoms. The van der Waals surface area contributed by atoms with Crippen LogP contribution in [0.1, 0.15) is 0 Å². The lowest BCUT2D eigenvalue weighted by molar-refractivity contribution is -0.265. The Balaban J connectivity index is 2.48. The molecule has 2 N–H and O–H groups in total. The second-order valence-electron chi connectivity index (χ2n) is 2.34. The van der Waals surface area contributed by atoms with Crippen LogP contribution in [0.2, 0.25) is 0 Å². The molecule has 1 saturated heterocycles. The molecule has 0 aliphatic carbocycles. The van der Waals surface area contributed by atoms with Gasteiger partial charge >= 0.3 is 0 Å². The number of hydrogen-bond donors (Lipinski definition) is 2. The molecule has 1 unspecified atom stereocenters. The molecule has 10 heavy (non-hydrogen) atoms. The molecule has 0 bridgehead atoms. The van der Waals surface area contributed by atoms with Gasteiger partial charge in [0.25, 0.3) is 0 Å². The Kier molecular flexibility index (Phi) is 2.25. The van der Waals surface area contributed by atoms with Crippen molar-refractivity contribution in [1.82, 2.24) is 5.32 Å². The Morgan fingerprint density at radius 1 is 1.60 bits per heavy atom. The van der Waals surface area contributed by atoms with Crippen LogP contribution >= 0.6 is 0 Å². The lowest BCUT2D eigenvalue weighted by Gasteiger charge is -2.46. The first-order valence-corrected chi connectivity index (χ1v) is 3.23. The van der Waals surface area contributed by atoms with Gasteiger partial charge in [0.1, 0.15) is 0 Å². The summed E-state index contributed by atoms with van der Waals surface area (Å²) in [5, 5.41) is 11.7. The van der Waals surface area contributed by atoms with Crippen LogP contribution in [-0.2, 0) is 9.47 Å². The summed E-state index contributed by atoms with van der Waals surface area (Å²) >= 11 is 0. The molecule has 1 aliphatic rings. The SMILES string of the molecule is COC1(OC)CNC1CO. The minimum Gasteiger partial charge on any atom is -0.395 e. The predicted molar refractivity (Wildman–Crippen MR) is 35.6 cm³/mol. The van der Waals surface area contributed by atoms with Gasteiger partial charge in [0.05, 0.1) is 19.2 Å². The molecule has 0 amide bonds. The van der Waals surface area contributed by atoms with Gasteiger partial charge in [0, 0.05) is 14.2 Å². The summed E-state index contributed by atoms with van der Waals surface area (Å²) in [6, 6.07) is -0.0810. The topological polar surface area (TPSA) is 50.7 Å². The van der Waals surface area contributed by atoms with Gasteiger partial charge in [-0.1, -0.05) is 0 Å². The molecule has 0 aromatic rings. The van der Waals surface area contributed by atoms with Gasteiger partial charge in [0.15, 0.2) is 5.79 Å². The Morgan fingerprint density at radius 2 is 2.20 bits per heavy atom. The Bertz CT molecular complexity index is 106. The van der Waals surface area contributed by atoms with Crippen molar-refractivity contribution in [2.45, 2.75) is 11.8 Å². The molecule has 60 valence electrons. The maximum absolute atomic E-state index is 8.76. The fraction of sp³-hybridized carbons (Fsp3) is 1.00. The largest absolute Gasteiger partial charge is 0.395 e. The van der Waals surface area contributed by atoms with E-state index in [1.807, 2.05) is 0 Å². The number of aliphatic hydroxyl groups excluding tert-OH is 1. The van der Waals surface area contributed by atoms with Crippen molar-refractivity contribution in [3.63, 3.8) is 0 Å². The van der Waals surface area contributed by atoms with Crippen LogP contribution in [0.5, 0.6) is 0 Å². The molecular weight excluding hydrogens is 134 g/mol. The zero-order valence-electron chi connectivity index (χ0n) is 6.26. The Hall–Kier alpha value is -0.160. The molecule has 1 fully saturated rings. The smallest absolute Gasteiger partial charge is 0.198 e. The summed E-state index contributed by atoms with van der Waals surface area (Å²) in [5.74, 6) is -0.589. The van der Waals surface area contributed by atoms with E-state index in [2.05, 4.69) is 5.32 Å². The molecule has 1 aliphatic heterocycles. The maximum Gasteiger partial charge on any atom is 0.198 e. The van der Waals surface area contributed by atoms with Gasteiger partial charge < -0.3 is 19.9 Å². The molecule has 4 nitrogen and oxygen atoms in total. The van der Waals surface area contributed by atoms with E-state index in [0.29, 0.717) is 6.54 Å². The summed E-state index contributed by atoms with van der Waals surface area (Å²) < 4.78 is 10.2. The molecule has 1 heterocycles. The number of hydrogen-bond acceptors (Lipinski definition) is 4. The summed E-state index contributed by atoms with van der Waals surface area (Å²) in [5.41, 5.74) is 0. The number of methoxy groups -OCH3 is 2. The highest BCUT2D eigenvalue weighted by atomic mass is 16.7. The van der Waals surface area contributed by atoms with Gasteiger partial charge in [-0.05, 0) is 0 Å². The molecule has 0 aromatic heterocycles. The number of aliphatic hydroxyl groups is 1. The van der Waals surface area contributed by atoms with Crippen LogP contribution in [0.15, 0.2) is 0 Å². The molecule has 1 rings (SSSR count). The second-order valence-corrected chi connectivity index (χ2v) is 2.34. The summed E-state index contributed by atoms with van der Waals surface area (Å²) in [6.07, 6.45) is 0. The Labute approximate surface area is 60.1 Å². The second kappa shape index (κ2) is 2.84. The average Bonchev–Trinajstić information content (AvgIpc) is 1.90. The molecule has 0 saturated carbocycles. The van der Waals surface area contributed by atoms with Crippen LogP contribution in [0, 0.1) is 0 Å². The standard InChI is InChI=1S/C6H13NO3/c1-9-6(10-2)4-7-5(6)3-8/h5,7-8H,3-4H2,1-2H3. The van der Waals surface area contributed by atoms with Gasteiger partial charge in [-0.25, -0.2) is 0 Å². The molecule has 1 atom stereocenters. The highest BCUT2D eigenvalue weighted by Gasteiger charge is 2.47. The summed E-state index contributed by atoms with van der Waals surface area (Å²) in [7, 11) is 3.15. The van der Waals surface area contributed by atoms with Crippen LogP contribution in [0.25, 0.3) is 0 Å². The van der Waals surface area contributed by atoms with Gasteiger partial charge in [-0.3, -0.25) is 0 Å². The first-order valence-electron chi connectivity index (χ1n) is 3.23. The van der Waals surface area contributed by atoms with E-state index in [4.69, 9.17) is 14.6 Å². The first-order chi connectivity index (χ1) is 4.79. The van der Waals surface area contributed by atoms with Crippen molar-refractivity contribution in [1.29, 1.82) is 0 Å². The molecule has 4 heteroatoms. The highest BCUT2D eigenvalue weighted by Crippen LogP contribution is 2.23. The van der Waals surface area contributed by atoms with E-state index >= 15 is 0 Å². The molecule has 0 radical (unpaired) electrons. The van der Waals surface area contributed by atoms with Crippen molar-refractivity contribution in [3.8, 4) is 0 Å². The molecular formula is C6H13NO3. The van der Waals surface area contributed by atoms with Crippen molar-refractivity contribution in [2.75, 3.05) is 27.4 Å². The van der Waals surface area contributed by atoms with Crippen LogP contribution in [-0.4, -0.2) is 44.3 Å². The number of rotatable bonds is 3. The lowest BCUT2D eigenvalue weighted by Crippen LogP contribution is -2.71. The van der Waals surface area contributed by atoms with Gasteiger partial charge in [-0.2, -0.15) is 0 Å². The van der Waals surface area contributed by atoms with E-state index in [9.17, 15) is 0 Å². The van der Waals surface area contributed by atoms with E-state index in [0.717, 1.165) is 0 Å². The normalized spacial score (nSPS) is 29.7. The third-order valence-electron chi connectivity index (χ3n) is 2.00. The monoisotopic (exact) mass is 147 g/mol. The summed E-state index contributed by atoms with van der Waals surface area (Å²) in [6.45, 7) is 0.687. The zero-order valence-corrected chi connectivity index (χ0v) is 6.26. The minimum absolute atomic E-state index is 0.0433. The van der Waals surface area contributed by atoms with Crippen LogP contribution < -0.4 is 5.32 Å². The summed E-state index contributed by atoms with van der Waals surface area (Å²) in [4.78, 5) is 0. The fourth-order valence-electron chi connectivity index (χ4n) is 1.13. The van der Waals surface area contributed by atoms with Crippen molar-refractivity contribution >= 4 is 0 Å². The quantitative estimate of drug-likeness (QED) is 0.500. The minimum atomic E-state index is -0.589. The number of nitrogens with one attached hydrogen (secondary N) is 1. The fourth-order valence-corrected chi connectivity index (χ4v) is 1.13. The van der Waals surface area contributed by atoms with E-state index < -0.39 is 5.79 Å². The lowest BCUT2D eigenvalue weighted by atomic mass is 9.99. The van der Waals surface area contributed by atoms with Crippen molar-refractivity contribution < 1.29 is 14.6 Å². The van der Waals surface area contributed by atoms with Crippen molar-refractivity contribution in [3.05, 3.63) is 0 Å². The molecule has 0 aromatic carbocycles. The van der Waals surface area contributed by atoms with Gasteiger partial charge in [-0.15, -0.1) is 0 Å². The maximum atomic E-state index is 8.76. The zero-order chi connectivity index (χ0) is 7.61. The van der Waals surface area contributed by atoms with Gasteiger partial charge in [0.2, 0.25) is 0 Å². The van der Waals surface area contributed by atoms with E-state index in [1.165, 1.54) is 0 Å². The predicted octanol–water partition coefficient (Wildman–Crippen LogP) is -1.06. The number of ether oxygens (including phenoxy) is 2.